The Labute approximate surface area is 124 Å². The number of hydrogen-bond donors (Lipinski definition) is 2. The lowest BCUT2D eigenvalue weighted by Crippen LogP contribution is -2.47. The van der Waals surface area contributed by atoms with Crippen LogP contribution in [0.1, 0.15) is 64.7 Å². The highest BCUT2D eigenvalue weighted by atomic mass is 16.3. The molecule has 1 saturated heterocycles. The second-order valence-corrected chi connectivity index (χ2v) is 7.07. The Hall–Kier alpha value is -0.120. The molecule has 2 aliphatic rings. The monoisotopic (exact) mass is 282 g/mol. The maximum Gasteiger partial charge on any atom is 0.0586 e. The summed E-state index contributed by atoms with van der Waals surface area (Å²) < 4.78 is 0. The van der Waals surface area contributed by atoms with Crippen molar-refractivity contribution in [3.05, 3.63) is 0 Å². The van der Waals surface area contributed by atoms with Crippen LogP contribution in [-0.4, -0.2) is 41.8 Å². The van der Waals surface area contributed by atoms with E-state index in [9.17, 15) is 5.11 Å². The van der Waals surface area contributed by atoms with Crippen LogP contribution in [0.15, 0.2) is 0 Å². The van der Waals surface area contributed by atoms with Gasteiger partial charge >= 0.3 is 0 Å². The van der Waals surface area contributed by atoms with E-state index in [2.05, 4.69) is 11.8 Å². The van der Waals surface area contributed by atoms with Crippen LogP contribution in [0.25, 0.3) is 0 Å². The number of nitrogens with zero attached hydrogens (tertiary/aromatic N) is 1. The number of aliphatic hydroxyl groups is 1. The summed E-state index contributed by atoms with van der Waals surface area (Å²) in [5.41, 5.74) is 6.39. The molecule has 2 fully saturated rings. The van der Waals surface area contributed by atoms with Gasteiger partial charge < -0.3 is 10.8 Å². The van der Waals surface area contributed by atoms with Crippen LogP contribution in [0.5, 0.6) is 0 Å². The Bertz CT molecular complexity index is 272. The van der Waals surface area contributed by atoms with Crippen LogP contribution in [0.4, 0.5) is 0 Å². The van der Waals surface area contributed by atoms with Crippen LogP contribution in [-0.2, 0) is 0 Å². The first-order valence-corrected chi connectivity index (χ1v) is 8.85. The third-order valence-corrected chi connectivity index (χ3v) is 5.53. The van der Waals surface area contributed by atoms with Gasteiger partial charge in [0.05, 0.1) is 6.61 Å². The summed E-state index contributed by atoms with van der Waals surface area (Å²) in [6.45, 7) is 4.89. The molecule has 0 bridgehead atoms. The zero-order valence-corrected chi connectivity index (χ0v) is 13.3. The SMILES string of the molecule is CCCC1CCC(N)C(CN2CCCCCC2CO)C1. The van der Waals surface area contributed by atoms with Crippen molar-refractivity contribution in [3.63, 3.8) is 0 Å². The van der Waals surface area contributed by atoms with Crippen molar-refractivity contribution in [2.24, 2.45) is 17.6 Å². The van der Waals surface area contributed by atoms with Gasteiger partial charge in [0.2, 0.25) is 0 Å². The number of rotatable bonds is 5. The summed E-state index contributed by atoms with van der Waals surface area (Å²) in [6, 6.07) is 0.766. The van der Waals surface area contributed by atoms with E-state index in [0.717, 1.165) is 25.4 Å². The smallest absolute Gasteiger partial charge is 0.0586 e. The van der Waals surface area contributed by atoms with E-state index >= 15 is 0 Å². The number of hydrogen-bond acceptors (Lipinski definition) is 3. The molecule has 20 heavy (non-hydrogen) atoms. The van der Waals surface area contributed by atoms with Crippen molar-refractivity contribution in [1.29, 1.82) is 0 Å². The van der Waals surface area contributed by atoms with Gasteiger partial charge in [-0.1, -0.05) is 32.6 Å². The van der Waals surface area contributed by atoms with Crippen LogP contribution in [0.3, 0.4) is 0 Å². The topological polar surface area (TPSA) is 49.5 Å². The highest BCUT2D eigenvalue weighted by molar-refractivity contribution is 4.86. The molecule has 1 aliphatic heterocycles. The molecule has 2 rings (SSSR count). The molecule has 1 aliphatic carbocycles. The Morgan fingerprint density at radius 2 is 2.00 bits per heavy atom. The molecule has 0 aromatic heterocycles. The quantitative estimate of drug-likeness (QED) is 0.815. The largest absolute Gasteiger partial charge is 0.395 e. The second-order valence-electron chi connectivity index (χ2n) is 7.07. The normalized spacial score (nSPS) is 36.8. The maximum absolute atomic E-state index is 9.65. The fourth-order valence-corrected chi connectivity index (χ4v) is 4.25. The molecule has 0 amide bonds. The molecule has 4 atom stereocenters. The van der Waals surface area contributed by atoms with Gasteiger partial charge in [-0.2, -0.15) is 0 Å². The van der Waals surface area contributed by atoms with Gasteiger partial charge in [-0.05, 0) is 50.5 Å². The molecule has 1 heterocycles. The summed E-state index contributed by atoms with van der Waals surface area (Å²) in [4.78, 5) is 2.55. The molecule has 3 N–H and O–H groups in total. The molecule has 0 spiro atoms. The Morgan fingerprint density at radius 1 is 1.15 bits per heavy atom. The lowest BCUT2D eigenvalue weighted by molar-refractivity contribution is 0.0850. The van der Waals surface area contributed by atoms with Crippen molar-refractivity contribution in [3.8, 4) is 0 Å². The van der Waals surface area contributed by atoms with Gasteiger partial charge in [0, 0.05) is 18.6 Å². The number of aliphatic hydroxyl groups excluding tert-OH is 1. The van der Waals surface area contributed by atoms with Gasteiger partial charge in [-0.3, -0.25) is 4.90 Å². The van der Waals surface area contributed by atoms with Crippen molar-refractivity contribution >= 4 is 0 Å². The predicted molar refractivity (Wildman–Crippen MR) is 84.6 cm³/mol. The first kappa shape index (κ1) is 16.3. The number of nitrogens with two attached hydrogens (primary N) is 1. The van der Waals surface area contributed by atoms with Gasteiger partial charge in [0.1, 0.15) is 0 Å². The zero-order valence-electron chi connectivity index (χ0n) is 13.3. The predicted octanol–water partition coefficient (Wildman–Crippen LogP) is 2.77. The molecular weight excluding hydrogens is 248 g/mol. The molecular formula is C17H34N2O. The maximum atomic E-state index is 9.65. The molecule has 1 saturated carbocycles. The molecule has 118 valence electrons. The van der Waals surface area contributed by atoms with Crippen LogP contribution in [0, 0.1) is 11.8 Å². The minimum atomic E-state index is 0.320. The van der Waals surface area contributed by atoms with Crippen LogP contribution >= 0.6 is 0 Å². The van der Waals surface area contributed by atoms with E-state index in [4.69, 9.17) is 5.73 Å². The summed E-state index contributed by atoms with van der Waals surface area (Å²) in [5.74, 6) is 1.54. The highest BCUT2D eigenvalue weighted by Crippen LogP contribution is 2.32. The van der Waals surface area contributed by atoms with E-state index in [1.165, 1.54) is 51.4 Å². The van der Waals surface area contributed by atoms with Crippen molar-refractivity contribution < 1.29 is 5.11 Å². The standard InChI is InChI=1S/C17H34N2O/c1-2-6-14-8-9-17(18)15(11-14)12-19-10-5-3-4-7-16(19)13-20/h14-17,20H,2-13,18H2,1H3. The summed E-state index contributed by atoms with van der Waals surface area (Å²) >= 11 is 0. The van der Waals surface area contributed by atoms with E-state index in [1.54, 1.807) is 0 Å². The van der Waals surface area contributed by atoms with Crippen molar-refractivity contribution in [2.45, 2.75) is 76.8 Å². The van der Waals surface area contributed by atoms with E-state index in [0.29, 0.717) is 24.6 Å². The lowest BCUT2D eigenvalue weighted by Gasteiger charge is -2.39. The van der Waals surface area contributed by atoms with Crippen LogP contribution < -0.4 is 5.73 Å². The summed E-state index contributed by atoms with van der Waals surface area (Å²) in [5, 5.41) is 9.65. The van der Waals surface area contributed by atoms with Gasteiger partial charge in [0.15, 0.2) is 0 Å². The molecule has 3 nitrogen and oxygen atoms in total. The average molecular weight is 282 g/mol. The third kappa shape index (κ3) is 4.44. The highest BCUT2D eigenvalue weighted by Gasteiger charge is 2.31. The Balaban J connectivity index is 1.91. The molecule has 3 heteroatoms. The van der Waals surface area contributed by atoms with E-state index in [1.807, 2.05) is 0 Å². The van der Waals surface area contributed by atoms with E-state index in [-0.39, 0.29) is 0 Å². The second kappa shape index (κ2) is 8.35. The van der Waals surface area contributed by atoms with Gasteiger partial charge in [-0.15, -0.1) is 0 Å². The Morgan fingerprint density at radius 3 is 2.75 bits per heavy atom. The molecule has 0 aromatic rings. The zero-order chi connectivity index (χ0) is 14.4. The first-order valence-electron chi connectivity index (χ1n) is 8.85. The summed E-state index contributed by atoms with van der Waals surface area (Å²) in [6.07, 6.45) is 11.6. The summed E-state index contributed by atoms with van der Waals surface area (Å²) in [7, 11) is 0. The molecule has 0 radical (unpaired) electrons. The minimum absolute atomic E-state index is 0.320. The molecule has 4 unspecified atom stereocenters. The van der Waals surface area contributed by atoms with Crippen molar-refractivity contribution in [2.75, 3.05) is 19.7 Å². The first-order chi connectivity index (χ1) is 9.74. The Kier molecular flexibility index (Phi) is 6.79. The average Bonchev–Trinajstić information content (AvgIpc) is 2.68. The van der Waals surface area contributed by atoms with Gasteiger partial charge in [0.25, 0.3) is 0 Å². The van der Waals surface area contributed by atoms with Crippen molar-refractivity contribution in [1.82, 2.24) is 4.90 Å². The number of likely N-dealkylation sites (tertiary alicyclic amines) is 1. The third-order valence-electron chi connectivity index (χ3n) is 5.53. The minimum Gasteiger partial charge on any atom is -0.395 e. The van der Waals surface area contributed by atoms with Crippen LogP contribution in [0.2, 0.25) is 0 Å². The lowest BCUT2D eigenvalue weighted by atomic mass is 9.76. The van der Waals surface area contributed by atoms with E-state index < -0.39 is 0 Å². The molecule has 0 aromatic carbocycles. The fourth-order valence-electron chi connectivity index (χ4n) is 4.25. The fraction of sp³-hybridized carbons (Fsp3) is 1.00. The van der Waals surface area contributed by atoms with Gasteiger partial charge in [-0.25, -0.2) is 0 Å².